The first-order chi connectivity index (χ1) is 2.27. The molecule has 0 amide bonds. The average molecular weight is 90.0 g/mol. The standard InChI is InChI=1S/Al.NO3.H/c;2-1(3)4;/q+1;-1;. The molecule has 0 rings (SSSR count). The van der Waals surface area contributed by atoms with Crippen molar-refractivity contribution in [2.45, 2.75) is 0 Å². The summed E-state index contributed by atoms with van der Waals surface area (Å²) in [6, 6.07) is 0. The van der Waals surface area contributed by atoms with Gasteiger partial charge in [0.15, 0.2) is 0 Å². The van der Waals surface area contributed by atoms with Crippen molar-refractivity contribution in [3.8, 4) is 0 Å². The summed E-state index contributed by atoms with van der Waals surface area (Å²) in [7, 11) is 0. The fraction of sp³-hybridized carbons (Fsp3) is 0. The molecule has 0 aromatic rings. The second kappa shape index (κ2) is 2.00. The predicted molar refractivity (Wildman–Crippen MR) is 15.2 cm³/mol. The largest absolute Gasteiger partial charge is 0.471 e. The van der Waals surface area contributed by atoms with Gasteiger partial charge in [-0.1, -0.05) is 0 Å². The summed E-state index contributed by atoms with van der Waals surface area (Å²) in [6.07, 6.45) is 0. The molecule has 0 spiro atoms. The van der Waals surface area contributed by atoms with Crippen LogP contribution < -0.4 is 0 Å². The lowest BCUT2D eigenvalue weighted by Crippen LogP contribution is -1.93. The van der Waals surface area contributed by atoms with Crippen LogP contribution in [-0.2, 0) is 3.89 Å². The molecule has 0 saturated heterocycles. The van der Waals surface area contributed by atoms with E-state index in [0.29, 0.717) is 0 Å². The molecule has 0 bridgehead atoms. The number of hydrogen-bond acceptors (Lipinski definition) is 3. The third-order valence-electron chi connectivity index (χ3n) is 0.105. The molecule has 0 unspecified atom stereocenters. The Labute approximate surface area is 36.6 Å². The molecule has 0 aromatic carbocycles. The summed E-state index contributed by atoms with van der Waals surface area (Å²) in [6.45, 7) is 0. The van der Waals surface area contributed by atoms with Crippen molar-refractivity contribution in [3.05, 3.63) is 10.1 Å². The van der Waals surface area contributed by atoms with Gasteiger partial charge in [-0.2, -0.15) is 0 Å². The number of hydrogen-bond donors (Lipinski definition) is 0. The van der Waals surface area contributed by atoms with Gasteiger partial charge in [-0.25, -0.2) is 0 Å². The van der Waals surface area contributed by atoms with E-state index in [9.17, 15) is 0 Å². The van der Waals surface area contributed by atoms with Crippen molar-refractivity contribution < 1.29 is 8.98 Å². The van der Waals surface area contributed by atoms with E-state index in [1.54, 1.807) is 0 Å². The normalized spacial score (nSPS) is 6.40. The first-order valence-electron chi connectivity index (χ1n) is 0.836. The smallest absolute Gasteiger partial charge is 0.463 e. The summed E-state index contributed by atoms with van der Waals surface area (Å²) in [5.74, 6) is 0. The minimum Gasteiger partial charge on any atom is -0.471 e. The monoisotopic (exact) mass is 90.0 g/mol. The quantitative estimate of drug-likeness (QED) is 0.236. The van der Waals surface area contributed by atoms with Gasteiger partial charge in [0.05, 0.1) is 0 Å². The zero-order valence-electron chi connectivity index (χ0n) is 2.38. The van der Waals surface area contributed by atoms with Gasteiger partial charge in [-0.05, 0) is 0 Å². The van der Waals surface area contributed by atoms with Crippen LogP contribution >= 0.6 is 0 Å². The molecule has 0 aliphatic carbocycles. The molecule has 0 N–H and O–H groups in total. The lowest BCUT2D eigenvalue weighted by molar-refractivity contribution is -0.714. The topological polar surface area (TPSA) is 52.4 Å². The van der Waals surface area contributed by atoms with E-state index in [4.69, 9.17) is 10.1 Å². The van der Waals surface area contributed by atoms with Crippen molar-refractivity contribution in [3.63, 3.8) is 0 Å². The van der Waals surface area contributed by atoms with Crippen LogP contribution in [0.4, 0.5) is 0 Å². The van der Waals surface area contributed by atoms with Crippen LogP contribution in [0.5, 0.6) is 0 Å². The van der Waals surface area contributed by atoms with Gasteiger partial charge in [-0.15, -0.1) is 10.1 Å². The Morgan fingerprint density at radius 1 is 2.00 bits per heavy atom. The second-order valence-electron chi connectivity index (χ2n) is 0.353. The third-order valence-corrected chi connectivity index (χ3v) is 0.316. The molecule has 0 atom stereocenters. The van der Waals surface area contributed by atoms with Crippen LogP contribution in [0.3, 0.4) is 0 Å². The van der Waals surface area contributed by atoms with Gasteiger partial charge in [0.25, 0.3) is 5.09 Å². The van der Waals surface area contributed by atoms with Gasteiger partial charge in [-0.3, -0.25) is 0 Å². The summed E-state index contributed by atoms with van der Waals surface area (Å²) >= 11 is 0.835. The van der Waals surface area contributed by atoms with Crippen LogP contribution in [0.25, 0.3) is 0 Å². The van der Waals surface area contributed by atoms with Crippen molar-refractivity contribution >= 4 is 16.6 Å². The molecule has 0 heterocycles. The highest BCUT2D eigenvalue weighted by Gasteiger charge is 1.76. The lowest BCUT2D eigenvalue weighted by atomic mass is 13.1. The van der Waals surface area contributed by atoms with E-state index >= 15 is 0 Å². The molecule has 1 radical (unpaired) electrons. The molecule has 0 aromatic heterocycles. The maximum Gasteiger partial charge on any atom is 0.463 e. The zero-order valence-corrected chi connectivity index (χ0v) is 3.79. The summed E-state index contributed by atoms with van der Waals surface area (Å²) in [5, 5.41) is 8.10. The van der Waals surface area contributed by atoms with Crippen molar-refractivity contribution in [2.24, 2.45) is 0 Å². The molecule has 27 valence electrons. The second-order valence-corrected chi connectivity index (χ2v) is 0.611. The minimum atomic E-state index is -0.863. The summed E-state index contributed by atoms with van der Waals surface area (Å²) < 4.78 is 3.50. The molecule has 0 aliphatic heterocycles. The fourth-order valence-corrected chi connectivity index (χ4v) is 0. The molecule has 0 saturated carbocycles. The molecule has 0 fully saturated rings. The Morgan fingerprint density at radius 3 is 2.20 bits per heavy atom. The molecular weight excluding hydrogens is 89.0 g/mol. The Hall–Kier alpha value is -0.268. The van der Waals surface area contributed by atoms with Crippen LogP contribution in [0, 0.1) is 10.1 Å². The Balaban J connectivity index is 2.85. The molecule has 5 heavy (non-hydrogen) atoms. The zero-order chi connectivity index (χ0) is 4.28. The van der Waals surface area contributed by atoms with E-state index in [1.807, 2.05) is 0 Å². The van der Waals surface area contributed by atoms with Crippen LogP contribution in [0.1, 0.15) is 0 Å². The van der Waals surface area contributed by atoms with Crippen LogP contribution in [0.2, 0.25) is 0 Å². The third kappa shape index (κ3) is 3.73. The molecule has 5 heteroatoms. The van der Waals surface area contributed by atoms with Crippen molar-refractivity contribution in [1.82, 2.24) is 0 Å². The van der Waals surface area contributed by atoms with Gasteiger partial charge < -0.3 is 3.89 Å². The highest BCUT2D eigenvalue weighted by Crippen LogP contribution is 1.55. The van der Waals surface area contributed by atoms with Crippen molar-refractivity contribution in [1.29, 1.82) is 0 Å². The molecule has 4 nitrogen and oxygen atoms in total. The first kappa shape index (κ1) is 4.73. The van der Waals surface area contributed by atoms with Gasteiger partial charge in [0, 0.05) is 0 Å². The number of rotatable bonds is 1. The maximum absolute atomic E-state index is 8.96. The van der Waals surface area contributed by atoms with Crippen LogP contribution in [0.15, 0.2) is 0 Å². The van der Waals surface area contributed by atoms with Crippen LogP contribution in [-0.4, -0.2) is 21.7 Å². The number of nitrogens with zero attached hydrogens (tertiary/aromatic N) is 1. The Morgan fingerprint density at radius 2 is 2.20 bits per heavy atom. The first-order valence-corrected chi connectivity index (χ1v) is 1.41. The highest BCUT2D eigenvalue weighted by atomic mass is 27.1. The van der Waals surface area contributed by atoms with E-state index in [0.717, 1.165) is 16.6 Å². The van der Waals surface area contributed by atoms with E-state index in [-0.39, 0.29) is 0 Å². The minimum absolute atomic E-state index is 0.835. The molecular formula is HAlNO3. The fourth-order valence-electron chi connectivity index (χ4n) is 0. The van der Waals surface area contributed by atoms with Gasteiger partial charge >= 0.3 is 16.6 Å². The molecule has 0 aliphatic rings. The van der Waals surface area contributed by atoms with Gasteiger partial charge in [0.1, 0.15) is 0 Å². The Bertz CT molecular complexity index is 42.2. The predicted octanol–water partition coefficient (Wildman–Crippen LogP) is -0.990. The van der Waals surface area contributed by atoms with E-state index < -0.39 is 5.09 Å². The van der Waals surface area contributed by atoms with Gasteiger partial charge in [0.2, 0.25) is 0 Å². The highest BCUT2D eigenvalue weighted by molar-refractivity contribution is 5.97. The van der Waals surface area contributed by atoms with Crippen molar-refractivity contribution in [2.75, 3.05) is 0 Å². The summed E-state index contributed by atoms with van der Waals surface area (Å²) in [4.78, 5) is 8.96. The lowest BCUT2D eigenvalue weighted by Gasteiger charge is -1.78. The SMILES string of the molecule is O=[N+]([O-])[O][AlH]. The van der Waals surface area contributed by atoms with E-state index in [1.165, 1.54) is 0 Å². The average Bonchev–Trinajstić information content (AvgIpc) is 1.38. The maximum atomic E-state index is 8.96. The van der Waals surface area contributed by atoms with E-state index in [2.05, 4.69) is 3.89 Å². The Kier molecular flexibility index (Phi) is 1.89. The summed E-state index contributed by atoms with van der Waals surface area (Å²) in [5.41, 5.74) is 0.